The number of rotatable bonds is 1. The molecule has 0 amide bonds. The summed E-state index contributed by atoms with van der Waals surface area (Å²) in [6.07, 6.45) is 1.51. The van der Waals surface area contributed by atoms with E-state index < -0.39 is 0 Å². The predicted octanol–water partition coefficient (Wildman–Crippen LogP) is 1.25. The van der Waals surface area contributed by atoms with Gasteiger partial charge >= 0.3 is 0 Å². The lowest BCUT2D eigenvalue weighted by Crippen LogP contribution is -2.36. The number of ether oxygens (including phenoxy) is 1. The van der Waals surface area contributed by atoms with Gasteiger partial charge in [-0.3, -0.25) is 0 Å². The molecule has 0 aliphatic carbocycles. The normalized spacial score (nSPS) is 40.3. The standard InChI is InChI=1S/C6H11O/c1-3-6-4-7-5(6)2/h5-6H,1,3-4H2,2H3. The van der Waals surface area contributed by atoms with Crippen molar-refractivity contribution in [3.63, 3.8) is 0 Å². The summed E-state index contributed by atoms with van der Waals surface area (Å²) in [6, 6.07) is 0. The van der Waals surface area contributed by atoms with Gasteiger partial charge in [-0.05, 0) is 13.3 Å². The van der Waals surface area contributed by atoms with E-state index in [4.69, 9.17) is 4.74 Å². The molecule has 1 aliphatic heterocycles. The maximum atomic E-state index is 5.09. The molecular formula is C6H11O. The summed E-state index contributed by atoms with van der Waals surface area (Å²) in [4.78, 5) is 0. The number of hydrogen-bond acceptors (Lipinski definition) is 1. The van der Waals surface area contributed by atoms with Gasteiger partial charge < -0.3 is 4.74 Å². The Morgan fingerprint density at radius 1 is 1.86 bits per heavy atom. The summed E-state index contributed by atoms with van der Waals surface area (Å²) in [5.41, 5.74) is 0. The molecule has 2 unspecified atom stereocenters. The van der Waals surface area contributed by atoms with Crippen molar-refractivity contribution in [3.05, 3.63) is 6.92 Å². The molecular weight excluding hydrogens is 88.1 g/mol. The van der Waals surface area contributed by atoms with E-state index in [-0.39, 0.29) is 0 Å². The lowest BCUT2D eigenvalue weighted by atomic mass is 9.97. The third-order valence-corrected chi connectivity index (χ3v) is 1.61. The maximum absolute atomic E-state index is 5.09. The smallest absolute Gasteiger partial charge is 0.0597 e. The SMILES string of the molecule is [CH2]CC1COC1C. The minimum atomic E-state index is 0.484. The molecule has 7 heavy (non-hydrogen) atoms. The Labute approximate surface area is 44.7 Å². The molecule has 0 bridgehead atoms. The van der Waals surface area contributed by atoms with Crippen LogP contribution in [0.25, 0.3) is 0 Å². The van der Waals surface area contributed by atoms with Crippen LogP contribution in [0.1, 0.15) is 13.3 Å². The van der Waals surface area contributed by atoms with Crippen molar-refractivity contribution < 1.29 is 4.74 Å². The molecule has 0 saturated carbocycles. The molecule has 0 aromatic heterocycles. The second-order valence-electron chi connectivity index (χ2n) is 2.09. The van der Waals surface area contributed by atoms with E-state index in [0.29, 0.717) is 6.10 Å². The van der Waals surface area contributed by atoms with Crippen molar-refractivity contribution in [2.24, 2.45) is 5.92 Å². The highest BCUT2D eigenvalue weighted by molar-refractivity contribution is 4.74. The largest absolute Gasteiger partial charge is 0.378 e. The van der Waals surface area contributed by atoms with Crippen LogP contribution in [0.5, 0.6) is 0 Å². The zero-order chi connectivity index (χ0) is 5.28. The highest BCUT2D eigenvalue weighted by Crippen LogP contribution is 2.21. The van der Waals surface area contributed by atoms with Crippen molar-refractivity contribution in [2.75, 3.05) is 6.61 Å². The van der Waals surface area contributed by atoms with Gasteiger partial charge in [-0.2, -0.15) is 0 Å². The van der Waals surface area contributed by atoms with Gasteiger partial charge in [0.2, 0.25) is 0 Å². The minimum absolute atomic E-state index is 0.484. The van der Waals surface area contributed by atoms with Gasteiger partial charge in [0.15, 0.2) is 0 Å². The molecule has 1 fully saturated rings. The van der Waals surface area contributed by atoms with E-state index >= 15 is 0 Å². The average Bonchev–Trinajstić information content (AvgIpc) is 1.65. The van der Waals surface area contributed by atoms with Crippen molar-refractivity contribution in [1.29, 1.82) is 0 Å². The van der Waals surface area contributed by atoms with Crippen molar-refractivity contribution in [1.82, 2.24) is 0 Å². The Bertz CT molecular complexity index is 59.2. The average molecular weight is 99.2 g/mol. The molecule has 1 saturated heterocycles. The summed E-state index contributed by atoms with van der Waals surface area (Å²) >= 11 is 0. The molecule has 41 valence electrons. The van der Waals surface area contributed by atoms with Gasteiger partial charge in [0.1, 0.15) is 0 Å². The molecule has 1 aliphatic rings. The molecule has 0 aromatic rings. The first-order valence-electron chi connectivity index (χ1n) is 2.75. The molecule has 1 rings (SSSR count). The molecule has 1 heterocycles. The fourth-order valence-electron chi connectivity index (χ4n) is 0.743. The van der Waals surface area contributed by atoms with E-state index in [2.05, 4.69) is 13.8 Å². The summed E-state index contributed by atoms with van der Waals surface area (Å²) < 4.78 is 5.09. The fourth-order valence-corrected chi connectivity index (χ4v) is 0.743. The van der Waals surface area contributed by atoms with E-state index in [1.165, 1.54) is 0 Å². The van der Waals surface area contributed by atoms with Crippen LogP contribution >= 0.6 is 0 Å². The Morgan fingerprint density at radius 2 is 2.57 bits per heavy atom. The van der Waals surface area contributed by atoms with Crippen LogP contribution in [0, 0.1) is 12.8 Å². The van der Waals surface area contributed by atoms with Crippen molar-refractivity contribution >= 4 is 0 Å². The van der Waals surface area contributed by atoms with Crippen LogP contribution in [0.15, 0.2) is 0 Å². The number of hydrogen-bond donors (Lipinski definition) is 0. The van der Waals surface area contributed by atoms with Crippen LogP contribution in [0.3, 0.4) is 0 Å². The van der Waals surface area contributed by atoms with Gasteiger partial charge in [0.25, 0.3) is 0 Å². The van der Waals surface area contributed by atoms with E-state index in [0.717, 1.165) is 18.9 Å². The fraction of sp³-hybridized carbons (Fsp3) is 0.833. The van der Waals surface area contributed by atoms with Crippen molar-refractivity contribution in [2.45, 2.75) is 19.4 Å². The predicted molar refractivity (Wildman–Crippen MR) is 28.9 cm³/mol. The van der Waals surface area contributed by atoms with Crippen LogP contribution in [0.2, 0.25) is 0 Å². The molecule has 1 heteroatoms. The first-order chi connectivity index (χ1) is 3.34. The second-order valence-corrected chi connectivity index (χ2v) is 2.09. The van der Waals surface area contributed by atoms with Crippen molar-refractivity contribution in [3.8, 4) is 0 Å². The molecule has 1 nitrogen and oxygen atoms in total. The summed E-state index contributed by atoms with van der Waals surface area (Å²) in [5.74, 6) is 0.750. The summed E-state index contributed by atoms with van der Waals surface area (Å²) in [6.45, 7) is 6.81. The summed E-state index contributed by atoms with van der Waals surface area (Å²) in [7, 11) is 0. The van der Waals surface area contributed by atoms with Crippen LogP contribution in [-0.2, 0) is 4.74 Å². The molecule has 1 radical (unpaired) electrons. The third kappa shape index (κ3) is 0.778. The molecule has 0 N–H and O–H groups in total. The second kappa shape index (κ2) is 1.83. The van der Waals surface area contributed by atoms with Crippen LogP contribution in [-0.4, -0.2) is 12.7 Å². The molecule has 2 atom stereocenters. The topological polar surface area (TPSA) is 9.23 Å². The third-order valence-electron chi connectivity index (χ3n) is 1.61. The Kier molecular flexibility index (Phi) is 1.33. The lowest BCUT2D eigenvalue weighted by molar-refractivity contribution is -0.101. The van der Waals surface area contributed by atoms with Gasteiger partial charge in [-0.25, -0.2) is 0 Å². The van der Waals surface area contributed by atoms with Gasteiger partial charge in [-0.1, -0.05) is 6.92 Å². The monoisotopic (exact) mass is 99.1 g/mol. The highest BCUT2D eigenvalue weighted by atomic mass is 16.5. The molecule has 0 aromatic carbocycles. The maximum Gasteiger partial charge on any atom is 0.0597 e. The zero-order valence-corrected chi connectivity index (χ0v) is 4.68. The lowest BCUT2D eigenvalue weighted by Gasteiger charge is -2.33. The highest BCUT2D eigenvalue weighted by Gasteiger charge is 2.25. The van der Waals surface area contributed by atoms with Gasteiger partial charge in [0, 0.05) is 5.92 Å². The quantitative estimate of drug-likeness (QED) is 0.480. The molecule has 0 spiro atoms. The first-order valence-corrected chi connectivity index (χ1v) is 2.75. The Hall–Kier alpha value is -0.0400. The Morgan fingerprint density at radius 3 is 2.57 bits per heavy atom. The van der Waals surface area contributed by atoms with Gasteiger partial charge in [0.05, 0.1) is 12.7 Å². The first kappa shape index (κ1) is 5.10. The zero-order valence-electron chi connectivity index (χ0n) is 4.68. The van der Waals surface area contributed by atoms with Crippen LogP contribution < -0.4 is 0 Å². The van der Waals surface area contributed by atoms with Crippen LogP contribution in [0.4, 0.5) is 0 Å². The van der Waals surface area contributed by atoms with E-state index in [1.807, 2.05) is 0 Å². The van der Waals surface area contributed by atoms with E-state index in [9.17, 15) is 0 Å². The minimum Gasteiger partial charge on any atom is -0.378 e. The summed E-state index contributed by atoms with van der Waals surface area (Å²) in [5, 5.41) is 0. The Balaban J connectivity index is 2.16. The van der Waals surface area contributed by atoms with Gasteiger partial charge in [-0.15, -0.1) is 0 Å². The van der Waals surface area contributed by atoms with E-state index in [1.54, 1.807) is 0 Å².